The number of benzene rings is 1. The molecule has 1 aromatic carbocycles. The van der Waals surface area contributed by atoms with Crippen LogP contribution in [0.5, 0.6) is 0 Å². The summed E-state index contributed by atoms with van der Waals surface area (Å²) in [6.07, 6.45) is -4.46. The molecule has 1 saturated carbocycles. The summed E-state index contributed by atoms with van der Waals surface area (Å²) in [5, 5.41) is 8.89. The summed E-state index contributed by atoms with van der Waals surface area (Å²) < 4.78 is 44.7. The van der Waals surface area contributed by atoms with Gasteiger partial charge in [-0.3, -0.25) is 0 Å². The van der Waals surface area contributed by atoms with Gasteiger partial charge in [0, 0.05) is 31.0 Å². The van der Waals surface area contributed by atoms with E-state index in [1.807, 2.05) is 0 Å². The molecule has 0 bridgehead atoms. The Labute approximate surface area is 142 Å². The van der Waals surface area contributed by atoms with Gasteiger partial charge < -0.3 is 14.7 Å². The molecule has 1 aliphatic carbocycles. The monoisotopic (exact) mass is 363 g/mol. The molecule has 24 heavy (non-hydrogen) atoms. The number of halogens is 4. The van der Waals surface area contributed by atoms with E-state index in [1.54, 1.807) is 6.07 Å². The van der Waals surface area contributed by atoms with Crippen molar-refractivity contribution in [3.8, 4) is 0 Å². The molecule has 2 fully saturated rings. The molecule has 1 aliphatic heterocycles. The maximum Gasteiger partial charge on any atom is 0.417 e. The van der Waals surface area contributed by atoms with E-state index in [0.717, 1.165) is 6.07 Å². The average molecular weight is 364 g/mol. The zero-order valence-electron chi connectivity index (χ0n) is 13.0. The number of piperidine rings is 1. The minimum absolute atomic E-state index is 0.264. The van der Waals surface area contributed by atoms with Crippen molar-refractivity contribution >= 4 is 17.7 Å². The number of methoxy groups -OCH3 is 1. The minimum atomic E-state index is -4.52. The van der Waals surface area contributed by atoms with Gasteiger partial charge in [-0.2, -0.15) is 13.2 Å². The van der Waals surface area contributed by atoms with Crippen LogP contribution >= 0.6 is 11.6 Å². The Balaban J connectivity index is 1.99. The molecule has 4 nitrogen and oxygen atoms in total. The molecule has 1 heterocycles. The van der Waals surface area contributed by atoms with Gasteiger partial charge in [0.05, 0.1) is 17.2 Å². The highest BCUT2D eigenvalue weighted by molar-refractivity contribution is 6.31. The van der Waals surface area contributed by atoms with E-state index in [4.69, 9.17) is 16.3 Å². The topological polar surface area (TPSA) is 49.8 Å². The second-order valence-corrected chi connectivity index (χ2v) is 7.03. The maximum absolute atomic E-state index is 13.2. The van der Waals surface area contributed by atoms with Crippen molar-refractivity contribution in [1.29, 1.82) is 0 Å². The molecule has 0 unspecified atom stereocenters. The van der Waals surface area contributed by atoms with Crippen molar-refractivity contribution in [3.63, 3.8) is 0 Å². The molecule has 1 N–H and O–H groups in total. The predicted octanol–water partition coefficient (Wildman–Crippen LogP) is 4.02. The largest absolute Gasteiger partial charge is 0.465 e. The SMILES string of the molecule is COC[C@@]12CN(C(=O)O)CC[C@]1(c1ccc(Cl)c(C(F)(F)F)c1)C2. The Hall–Kier alpha value is -1.47. The maximum atomic E-state index is 13.2. The van der Waals surface area contributed by atoms with E-state index in [9.17, 15) is 23.1 Å². The highest BCUT2D eigenvalue weighted by Crippen LogP contribution is 2.69. The highest BCUT2D eigenvalue weighted by Gasteiger charge is 2.70. The zero-order valence-corrected chi connectivity index (χ0v) is 13.7. The van der Waals surface area contributed by atoms with Gasteiger partial charge >= 0.3 is 12.3 Å². The number of hydrogen-bond donors (Lipinski definition) is 1. The summed E-state index contributed by atoms with van der Waals surface area (Å²) in [4.78, 5) is 12.6. The van der Waals surface area contributed by atoms with Crippen LogP contribution in [0.15, 0.2) is 18.2 Å². The van der Waals surface area contributed by atoms with E-state index in [0.29, 0.717) is 31.6 Å². The van der Waals surface area contributed by atoms with Gasteiger partial charge in [-0.15, -0.1) is 0 Å². The normalized spacial score (nSPS) is 29.3. The quantitative estimate of drug-likeness (QED) is 0.882. The third kappa shape index (κ3) is 2.54. The van der Waals surface area contributed by atoms with Gasteiger partial charge in [0.25, 0.3) is 0 Å². The average Bonchev–Trinajstić information content (AvgIpc) is 3.15. The Kier molecular flexibility index (Phi) is 3.99. The van der Waals surface area contributed by atoms with Crippen LogP contribution in [0.25, 0.3) is 0 Å². The highest BCUT2D eigenvalue weighted by atomic mass is 35.5. The van der Waals surface area contributed by atoms with Crippen LogP contribution in [-0.4, -0.2) is 42.9 Å². The molecule has 0 radical (unpaired) electrons. The Morgan fingerprint density at radius 3 is 2.75 bits per heavy atom. The fraction of sp³-hybridized carbons (Fsp3) is 0.562. The van der Waals surface area contributed by atoms with Gasteiger partial charge in [-0.1, -0.05) is 17.7 Å². The summed E-state index contributed by atoms with van der Waals surface area (Å²) in [5.41, 5.74) is -1.26. The van der Waals surface area contributed by atoms with Crippen LogP contribution in [0, 0.1) is 5.41 Å². The first kappa shape index (κ1) is 17.4. The van der Waals surface area contributed by atoms with Gasteiger partial charge in [0.1, 0.15) is 0 Å². The molecule has 0 aromatic heterocycles. The Morgan fingerprint density at radius 1 is 1.46 bits per heavy atom. The zero-order chi connectivity index (χ0) is 17.8. The molecular formula is C16H17ClF3NO3. The molecule has 1 saturated heterocycles. The van der Waals surface area contributed by atoms with E-state index in [2.05, 4.69) is 0 Å². The number of alkyl halides is 3. The molecular weight excluding hydrogens is 347 g/mol. The number of nitrogens with zero attached hydrogens (tertiary/aromatic N) is 1. The molecule has 3 rings (SSSR count). The molecule has 8 heteroatoms. The Bertz CT molecular complexity index is 681. The van der Waals surface area contributed by atoms with Crippen LogP contribution in [0.3, 0.4) is 0 Å². The third-order valence-electron chi connectivity index (χ3n) is 5.35. The lowest BCUT2D eigenvalue weighted by molar-refractivity contribution is -0.137. The van der Waals surface area contributed by atoms with Crippen molar-refractivity contribution < 1.29 is 27.8 Å². The number of likely N-dealkylation sites (tertiary alicyclic amines) is 1. The van der Waals surface area contributed by atoms with E-state index in [1.165, 1.54) is 18.1 Å². The van der Waals surface area contributed by atoms with Crippen LogP contribution < -0.4 is 0 Å². The molecule has 2 atom stereocenters. The number of carboxylic acid groups (broad SMARTS) is 1. The van der Waals surface area contributed by atoms with Crippen molar-refractivity contribution in [2.45, 2.75) is 24.4 Å². The van der Waals surface area contributed by atoms with Crippen molar-refractivity contribution in [2.24, 2.45) is 5.41 Å². The van der Waals surface area contributed by atoms with E-state index in [-0.39, 0.29) is 11.6 Å². The second-order valence-electron chi connectivity index (χ2n) is 6.62. The van der Waals surface area contributed by atoms with Crippen LogP contribution in [0.2, 0.25) is 5.02 Å². The van der Waals surface area contributed by atoms with Gasteiger partial charge in [0.15, 0.2) is 0 Å². The molecule has 0 spiro atoms. The summed E-state index contributed by atoms with van der Waals surface area (Å²) in [5.74, 6) is 0. The fourth-order valence-corrected chi connectivity index (χ4v) is 4.36. The number of fused-ring (bicyclic) bond motifs is 1. The number of ether oxygens (including phenoxy) is 1. The molecule has 132 valence electrons. The third-order valence-corrected chi connectivity index (χ3v) is 5.68. The summed E-state index contributed by atoms with van der Waals surface area (Å²) >= 11 is 5.71. The predicted molar refractivity (Wildman–Crippen MR) is 81.3 cm³/mol. The first-order valence-electron chi connectivity index (χ1n) is 7.49. The minimum Gasteiger partial charge on any atom is -0.465 e. The van der Waals surface area contributed by atoms with Crippen LogP contribution in [-0.2, 0) is 16.3 Å². The van der Waals surface area contributed by atoms with Crippen LogP contribution in [0.4, 0.5) is 18.0 Å². The standard InChI is InChI=1S/C16H17ClF3NO3/c1-24-9-14-7-15(14,4-5-21(8-14)13(22)23)10-2-3-12(17)11(6-10)16(18,19)20/h2-3,6H,4-5,7-9H2,1H3,(H,22,23)/t14-,15-/m1/s1. The van der Waals surface area contributed by atoms with Crippen molar-refractivity contribution in [2.75, 3.05) is 26.8 Å². The van der Waals surface area contributed by atoms with E-state index < -0.39 is 28.7 Å². The lowest BCUT2D eigenvalue weighted by Gasteiger charge is -2.36. The summed E-state index contributed by atoms with van der Waals surface area (Å²) in [7, 11) is 1.51. The second kappa shape index (κ2) is 5.52. The number of amides is 1. The van der Waals surface area contributed by atoms with Gasteiger partial charge in [-0.05, 0) is 30.5 Å². The van der Waals surface area contributed by atoms with Gasteiger partial charge in [0.2, 0.25) is 0 Å². The molecule has 2 aliphatic rings. The lowest BCUT2D eigenvalue weighted by Crippen LogP contribution is -2.46. The summed E-state index contributed by atoms with van der Waals surface area (Å²) in [6, 6.07) is 4.00. The fourth-order valence-electron chi connectivity index (χ4n) is 4.13. The number of carbonyl (C=O) groups is 1. The number of rotatable bonds is 3. The molecule has 1 amide bonds. The first-order chi connectivity index (χ1) is 11.2. The smallest absolute Gasteiger partial charge is 0.417 e. The van der Waals surface area contributed by atoms with E-state index >= 15 is 0 Å². The molecule has 1 aromatic rings. The van der Waals surface area contributed by atoms with Crippen molar-refractivity contribution in [1.82, 2.24) is 4.90 Å². The van der Waals surface area contributed by atoms with Crippen molar-refractivity contribution in [3.05, 3.63) is 34.3 Å². The number of hydrogen-bond acceptors (Lipinski definition) is 2. The van der Waals surface area contributed by atoms with Gasteiger partial charge in [-0.25, -0.2) is 4.79 Å². The lowest BCUT2D eigenvalue weighted by atomic mass is 9.80. The first-order valence-corrected chi connectivity index (χ1v) is 7.87. The van der Waals surface area contributed by atoms with Crippen LogP contribution in [0.1, 0.15) is 24.0 Å². The Morgan fingerprint density at radius 2 is 2.17 bits per heavy atom. The summed E-state index contributed by atoms with van der Waals surface area (Å²) in [6.45, 7) is 0.867.